The molecule has 0 aliphatic carbocycles. The molecule has 0 atom stereocenters. The summed E-state index contributed by atoms with van der Waals surface area (Å²) in [6.07, 6.45) is 1.49. The zero-order valence-electron chi connectivity index (χ0n) is 14.8. The highest BCUT2D eigenvalue weighted by atomic mass is 16.5. The maximum Gasteiger partial charge on any atom is 0.343 e. The molecule has 0 spiro atoms. The number of rotatable bonds is 5. The van der Waals surface area contributed by atoms with E-state index in [2.05, 4.69) is 15.3 Å². The fourth-order valence-electron chi connectivity index (χ4n) is 2.27. The third-order valence-corrected chi connectivity index (χ3v) is 3.49. The van der Waals surface area contributed by atoms with Crippen molar-refractivity contribution in [2.24, 2.45) is 0 Å². The van der Waals surface area contributed by atoms with E-state index in [9.17, 15) is 9.59 Å². The summed E-state index contributed by atoms with van der Waals surface area (Å²) in [7, 11) is 0. The average molecular weight is 363 g/mol. The van der Waals surface area contributed by atoms with Crippen molar-refractivity contribution in [3.8, 4) is 11.5 Å². The number of nitrogens with one attached hydrogen (secondary N) is 1. The van der Waals surface area contributed by atoms with Gasteiger partial charge in [-0.05, 0) is 55.5 Å². The van der Waals surface area contributed by atoms with E-state index >= 15 is 0 Å². The van der Waals surface area contributed by atoms with E-state index < -0.39 is 11.9 Å². The van der Waals surface area contributed by atoms with Gasteiger partial charge in [-0.15, -0.1) is 0 Å². The van der Waals surface area contributed by atoms with Crippen LogP contribution in [0.5, 0.6) is 11.5 Å². The van der Waals surface area contributed by atoms with Crippen LogP contribution in [0.2, 0.25) is 0 Å². The van der Waals surface area contributed by atoms with Crippen molar-refractivity contribution in [1.82, 2.24) is 9.97 Å². The lowest BCUT2D eigenvalue weighted by molar-refractivity contribution is -0.131. The Morgan fingerprint density at radius 3 is 2.15 bits per heavy atom. The molecule has 7 nitrogen and oxygen atoms in total. The van der Waals surface area contributed by atoms with Gasteiger partial charge < -0.3 is 14.8 Å². The third-order valence-electron chi connectivity index (χ3n) is 3.49. The standard InChI is InChI=1S/C20H17N3O4/c1-13-11-19(22-12-21-13)23-16-5-9-18(10-6-16)27-20(25)15-3-7-17(8-4-15)26-14(2)24/h3-12H,1-2H3,(H,21,22,23). The second kappa shape index (κ2) is 8.09. The monoisotopic (exact) mass is 363 g/mol. The summed E-state index contributed by atoms with van der Waals surface area (Å²) in [5.74, 6) is 0.538. The lowest BCUT2D eigenvalue weighted by atomic mass is 10.2. The van der Waals surface area contributed by atoms with Gasteiger partial charge in [0.05, 0.1) is 5.56 Å². The molecule has 1 heterocycles. The van der Waals surface area contributed by atoms with E-state index in [-0.39, 0.29) is 0 Å². The van der Waals surface area contributed by atoms with Crippen LogP contribution >= 0.6 is 0 Å². The molecule has 0 bridgehead atoms. The van der Waals surface area contributed by atoms with Crippen LogP contribution in [0.4, 0.5) is 11.5 Å². The van der Waals surface area contributed by atoms with Crippen molar-refractivity contribution < 1.29 is 19.1 Å². The van der Waals surface area contributed by atoms with Gasteiger partial charge >= 0.3 is 11.9 Å². The molecule has 3 aromatic rings. The molecular formula is C20H17N3O4. The van der Waals surface area contributed by atoms with Crippen LogP contribution in [-0.4, -0.2) is 21.9 Å². The second-order valence-corrected chi connectivity index (χ2v) is 5.70. The largest absolute Gasteiger partial charge is 0.427 e. The summed E-state index contributed by atoms with van der Waals surface area (Å²) >= 11 is 0. The van der Waals surface area contributed by atoms with Crippen molar-refractivity contribution in [2.75, 3.05) is 5.32 Å². The molecule has 3 rings (SSSR count). The van der Waals surface area contributed by atoms with E-state index in [1.54, 1.807) is 24.3 Å². The summed E-state index contributed by atoms with van der Waals surface area (Å²) in [6.45, 7) is 3.20. The predicted octanol–water partition coefficient (Wildman–Crippen LogP) is 3.67. The zero-order chi connectivity index (χ0) is 19.2. The van der Waals surface area contributed by atoms with Crippen molar-refractivity contribution in [1.29, 1.82) is 0 Å². The number of aryl methyl sites for hydroxylation is 1. The van der Waals surface area contributed by atoms with Gasteiger partial charge in [0.25, 0.3) is 0 Å². The van der Waals surface area contributed by atoms with Gasteiger partial charge in [-0.3, -0.25) is 4.79 Å². The maximum absolute atomic E-state index is 12.2. The van der Waals surface area contributed by atoms with Crippen LogP contribution in [0.15, 0.2) is 60.9 Å². The molecule has 0 fully saturated rings. The van der Waals surface area contributed by atoms with Crippen LogP contribution in [-0.2, 0) is 4.79 Å². The Labute approximate surface area is 156 Å². The molecule has 0 aliphatic heterocycles. The first-order chi connectivity index (χ1) is 13.0. The zero-order valence-corrected chi connectivity index (χ0v) is 14.8. The van der Waals surface area contributed by atoms with E-state index in [0.29, 0.717) is 22.9 Å². The number of hydrogen-bond donors (Lipinski definition) is 1. The Bertz CT molecular complexity index is 954. The second-order valence-electron chi connectivity index (χ2n) is 5.70. The SMILES string of the molecule is CC(=O)Oc1ccc(C(=O)Oc2ccc(Nc3cc(C)ncn3)cc2)cc1. The van der Waals surface area contributed by atoms with Crippen LogP contribution < -0.4 is 14.8 Å². The predicted molar refractivity (Wildman–Crippen MR) is 99.2 cm³/mol. The maximum atomic E-state index is 12.2. The Morgan fingerprint density at radius 2 is 1.52 bits per heavy atom. The average Bonchev–Trinajstić information content (AvgIpc) is 2.63. The summed E-state index contributed by atoms with van der Waals surface area (Å²) < 4.78 is 10.3. The molecule has 1 N–H and O–H groups in total. The molecular weight excluding hydrogens is 346 g/mol. The highest BCUT2D eigenvalue weighted by molar-refractivity contribution is 5.91. The summed E-state index contributed by atoms with van der Waals surface area (Å²) in [5, 5.41) is 3.15. The van der Waals surface area contributed by atoms with Crippen LogP contribution in [0.25, 0.3) is 0 Å². The molecule has 0 radical (unpaired) electrons. The van der Waals surface area contributed by atoms with E-state index in [1.165, 1.54) is 37.5 Å². The minimum Gasteiger partial charge on any atom is -0.427 e. The van der Waals surface area contributed by atoms with E-state index in [4.69, 9.17) is 9.47 Å². The molecule has 0 saturated carbocycles. The van der Waals surface area contributed by atoms with E-state index in [0.717, 1.165) is 11.4 Å². The van der Waals surface area contributed by atoms with Gasteiger partial charge in [0.15, 0.2) is 0 Å². The van der Waals surface area contributed by atoms with Crippen LogP contribution in [0.1, 0.15) is 23.0 Å². The summed E-state index contributed by atoms with van der Waals surface area (Å²) in [4.78, 5) is 31.3. The topological polar surface area (TPSA) is 90.4 Å². The summed E-state index contributed by atoms with van der Waals surface area (Å²) in [5.41, 5.74) is 2.01. The van der Waals surface area contributed by atoms with Gasteiger partial charge in [0, 0.05) is 24.4 Å². The molecule has 0 amide bonds. The number of benzene rings is 2. The number of carbonyl (C=O) groups is 2. The fraction of sp³-hybridized carbons (Fsp3) is 0.100. The molecule has 0 aliphatic rings. The van der Waals surface area contributed by atoms with Crippen LogP contribution in [0, 0.1) is 6.92 Å². The van der Waals surface area contributed by atoms with Crippen LogP contribution in [0.3, 0.4) is 0 Å². The third kappa shape index (κ3) is 5.12. The minimum absolute atomic E-state index is 0.351. The Balaban J connectivity index is 1.62. The smallest absolute Gasteiger partial charge is 0.343 e. The number of esters is 2. The molecule has 27 heavy (non-hydrogen) atoms. The van der Waals surface area contributed by atoms with Crippen molar-refractivity contribution in [2.45, 2.75) is 13.8 Å². The highest BCUT2D eigenvalue weighted by Gasteiger charge is 2.09. The van der Waals surface area contributed by atoms with Crippen molar-refractivity contribution in [3.63, 3.8) is 0 Å². The fourth-order valence-corrected chi connectivity index (χ4v) is 2.27. The van der Waals surface area contributed by atoms with Crippen molar-refractivity contribution >= 4 is 23.4 Å². The van der Waals surface area contributed by atoms with E-state index in [1.807, 2.05) is 13.0 Å². The highest BCUT2D eigenvalue weighted by Crippen LogP contribution is 2.20. The van der Waals surface area contributed by atoms with Gasteiger partial charge in [0.2, 0.25) is 0 Å². The first-order valence-electron chi connectivity index (χ1n) is 8.16. The lowest BCUT2D eigenvalue weighted by Gasteiger charge is -2.08. The number of hydrogen-bond acceptors (Lipinski definition) is 7. The van der Waals surface area contributed by atoms with Gasteiger partial charge in [-0.2, -0.15) is 0 Å². The molecule has 7 heteroatoms. The summed E-state index contributed by atoms with van der Waals surface area (Å²) in [6, 6.07) is 14.9. The first-order valence-corrected chi connectivity index (χ1v) is 8.16. The molecule has 136 valence electrons. The number of ether oxygens (including phenoxy) is 2. The Hall–Kier alpha value is -3.74. The molecule has 0 saturated heterocycles. The van der Waals surface area contributed by atoms with Gasteiger partial charge in [-0.25, -0.2) is 14.8 Å². The molecule has 2 aromatic carbocycles. The number of anilines is 2. The number of carbonyl (C=O) groups excluding carboxylic acids is 2. The van der Waals surface area contributed by atoms with Crippen molar-refractivity contribution in [3.05, 3.63) is 72.2 Å². The molecule has 1 aromatic heterocycles. The Kier molecular flexibility index (Phi) is 5.41. The van der Waals surface area contributed by atoms with Gasteiger partial charge in [0.1, 0.15) is 23.6 Å². The number of nitrogens with zero attached hydrogens (tertiary/aromatic N) is 2. The first kappa shape index (κ1) is 18.1. The minimum atomic E-state index is -0.503. The Morgan fingerprint density at radius 1 is 0.889 bits per heavy atom. The lowest BCUT2D eigenvalue weighted by Crippen LogP contribution is -2.08. The number of aromatic nitrogens is 2. The van der Waals surface area contributed by atoms with Gasteiger partial charge in [-0.1, -0.05) is 0 Å². The quantitative estimate of drug-likeness (QED) is 0.546. The molecule has 0 unspecified atom stereocenters. The normalized spacial score (nSPS) is 10.1.